The number of piperidine rings is 1. The minimum atomic E-state index is -0.0622. The van der Waals surface area contributed by atoms with Crippen molar-refractivity contribution in [3.63, 3.8) is 0 Å². The topological polar surface area (TPSA) is 65.2 Å². The Morgan fingerprint density at radius 1 is 1.48 bits per heavy atom. The number of likely N-dealkylation sites (tertiary alicyclic amines) is 1. The van der Waals surface area contributed by atoms with Gasteiger partial charge in [-0.25, -0.2) is 4.98 Å². The summed E-state index contributed by atoms with van der Waals surface area (Å²) in [4.78, 5) is 19.4. The van der Waals surface area contributed by atoms with Gasteiger partial charge in [0.2, 0.25) is 0 Å². The molecular weight excluding hydrogens is 342 g/mol. The summed E-state index contributed by atoms with van der Waals surface area (Å²) in [5, 5.41) is 4.69. The van der Waals surface area contributed by atoms with Crippen LogP contribution in [-0.4, -0.2) is 56.9 Å². The molecule has 8 heteroatoms. The van der Waals surface area contributed by atoms with Crippen LogP contribution in [0.2, 0.25) is 5.02 Å². The van der Waals surface area contributed by atoms with Crippen molar-refractivity contribution in [3.8, 4) is 0 Å². The van der Waals surface area contributed by atoms with Crippen molar-refractivity contribution in [1.29, 1.82) is 0 Å². The number of aryl methyl sites for hydroxylation is 2. The fourth-order valence-electron chi connectivity index (χ4n) is 3.45. The Hall–Kier alpha value is -1.86. The lowest BCUT2D eigenvalue weighted by atomic mass is 9.96. The van der Waals surface area contributed by atoms with Crippen LogP contribution in [0.3, 0.4) is 0 Å². The lowest BCUT2D eigenvalue weighted by molar-refractivity contribution is 0.0691. The third-order valence-electron chi connectivity index (χ3n) is 4.71. The Bertz CT molecular complexity index is 754. The van der Waals surface area contributed by atoms with Crippen LogP contribution in [0.4, 0.5) is 0 Å². The summed E-state index contributed by atoms with van der Waals surface area (Å²) < 4.78 is 8.85. The van der Waals surface area contributed by atoms with Gasteiger partial charge in [-0.3, -0.25) is 9.48 Å². The number of halogens is 1. The number of aromatic nitrogens is 4. The number of carbonyl (C=O) groups is 1. The van der Waals surface area contributed by atoms with Gasteiger partial charge in [-0.15, -0.1) is 0 Å². The molecule has 2 aromatic rings. The molecule has 136 valence electrons. The first-order valence-electron chi connectivity index (χ1n) is 8.51. The summed E-state index contributed by atoms with van der Waals surface area (Å²) in [5.74, 6) is 1.17. The Labute approximate surface area is 152 Å². The highest BCUT2D eigenvalue weighted by Crippen LogP contribution is 2.28. The maximum absolute atomic E-state index is 13.0. The summed E-state index contributed by atoms with van der Waals surface area (Å²) in [6.07, 6.45) is 5.75. The third kappa shape index (κ3) is 3.57. The monoisotopic (exact) mass is 365 g/mol. The van der Waals surface area contributed by atoms with Gasteiger partial charge in [0.05, 0.1) is 17.3 Å². The van der Waals surface area contributed by atoms with Crippen LogP contribution >= 0.6 is 11.6 Å². The molecule has 0 spiro atoms. The Morgan fingerprint density at radius 3 is 2.96 bits per heavy atom. The molecule has 3 heterocycles. The van der Waals surface area contributed by atoms with E-state index in [9.17, 15) is 4.79 Å². The second-order valence-electron chi connectivity index (χ2n) is 6.43. The molecule has 1 saturated heterocycles. The SMILES string of the molecule is COCCn1ccnc1C1CCCN(C(=O)c2c(Cl)c(C)nn2C)C1. The highest BCUT2D eigenvalue weighted by molar-refractivity contribution is 6.34. The van der Waals surface area contributed by atoms with Crippen LogP contribution < -0.4 is 0 Å². The van der Waals surface area contributed by atoms with Gasteiger partial charge in [-0.1, -0.05) is 11.6 Å². The molecule has 1 fully saturated rings. The van der Waals surface area contributed by atoms with E-state index in [4.69, 9.17) is 16.3 Å². The van der Waals surface area contributed by atoms with Gasteiger partial charge in [0.1, 0.15) is 11.5 Å². The maximum atomic E-state index is 13.0. The maximum Gasteiger partial charge on any atom is 0.273 e. The number of rotatable bonds is 5. The number of methoxy groups -OCH3 is 1. The van der Waals surface area contributed by atoms with E-state index in [1.165, 1.54) is 0 Å². The second kappa shape index (κ2) is 7.58. The minimum absolute atomic E-state index is 0.0622. The molecule has 0 radical (unpaired) electrons. The zero-order chi connectivity index (χ0) is 18.0. The van der Waals surface area contributed by atoms with Crippen molar-refractivity contribution in [3.05, 3.63) is 34.6 Å². The van der Waals surface area contributed by atoms with Crippen LogP contribution in [0.5, 0.6) is 0 Å². The molecule has 25 heavy (non-hydrogen) atoms. The van der Waals surface area contributed by atoms with Crippen LogP contribution in [0, 0.1) is 6.92 Å². The lowest BCUT2D eigenvalue weighted by Crippen LogP contribution is -2.40. The number of carbonyl (C=O) groups excluding carboxylic acids is 1. The van der Waals surface area contributed by atoms with Crippen molar-refractivity contribution < 1.29 is 9.53 Å². The van der Waals surface area contributed by atoms with Gasteiger partial charge < -0.3 is 14.2 Å². The average molecular weight is 366 g/mol. The normalized spacial score (nSPS) is 17.9. The summed E-state index contributed by atoms with van der Waals surface area (Å²) in [6.45, 7) is 4.59. The zero-order valence-electron chi connectivity index (χ0n) is 14.9. The molecule has 0 aliphatic carbocycles. The molecule has 3 rings (SSSR count). The number of imidazole rings is 1. The number of ether oxygens (including phenoxy) is 1. The highest BCUT2D eigenvalue weighted by atomic mass is 35.5. The van der Waals surface area contributed by atoms with Crippen molar-refractivity contribution in [2.75, 3.05) is 26.8 Å². The van der Waals surface area contributed by atoms with Crippen molar-refractivity contribution in [1.82, 2.24) is 24.2 Å². The van der Waals surface area contributed by atoms with Gasteiger partial charge >= 0.3 is 0 Å². The van der Waals surface area contributed by atoms with E-state index in [2.05, 4.69) is 14.6 Å². The molecule has 7 nitrogen and oxygen atoms in total. The Balaban J connectivity index is 1.77. The molecule has 1 aliphatic heterocycles. The van der Waals surface area contributed by atoms with Crippen molar-refractivity contribution in [2.45, 2.75) is 32.2 Å². The van der Waals surface area contributed by atoms with Crippen molar-refractivity contribution >= 4 is 17.5 Å². The number of nitrogens with zero attached hydrogens (tertiary/aromatic N) is 5. The first-order chi connectivity index (χ1) is 12.0. The number of amides is 1. The molecular formula is C17H24ClN5O2. The summed E-state index contributed by atoms with van der Waals surface area (Å²) in [7, 11) is 3.45. The van der Waals surface area contributed by atoms with Gasteiger partial charge in [-0.05, 0) is 19.8 Å². The van der Waals surface area contributed by atoms with E-state index >= 15 is 0 Å². The van der Waals surface area contributed by atoms with E-state index in [1.54, 1.807) is 18.8 Å². The van der Waals surface area contributed by atoms with Gasteiger partial charge in [-0.2, -0.15) is 5.10 Å². The smallest absolute Gasteiger partial charge is 0.273 e. The molecule has 1 aliphatic rings. The summed E-state index contributed by atoms with van der Waals surface area (Å²) in [5.41, 5.74) is 1.14. The molecule has 0 aromatic carbocycles. The first-order valence-corrected chi connectivity index (χ1v) is 8.89. The van der Waals surface area contributed by atoms with Gasteiger partial charge in [0.25, 0.3) is 5.91 Å². The first kappa shape index (κ1) is 17.9. The fourth-order valence-corrected chi connectivity index (χ4v) is 3.69. The Kier molecular flexibility index (Phi) is 5.44. The van der Waals surface area contributed by atoms with Crippen LogP contribution in [0.1, 0.15) is 40.8 Å². The highest BCUT2D eigenvalue weighted by Gasteiger charge is 2.30. The average Bonchev–Trinajstić information content (AvgIpc) is 3.17. The summed E-state index contributed by atoms with van der Waals surface area (Å²) >= 11 is 6.29. The van der Waals surface area contributed by atoms with E-state index in [0.29, 0.717) is 29.6 Å². The Morgan fingerprint density at radius 2 is 2.28 bits per heavy atom. The van der Waals surface area contributed by atoms with Crippen molar-refractivity contribution in [2.24, 2.45) is 7.05 Å². The number of hydrogen-bond acceptors (Lipinski definition) is 4. The van der Waals surface area contributed by atoms with Crippen LogP contribution in [0.15, 0.2) is 12.4 Å². The van der Waals surface area contributed by atoms with E-state index in [1.807, 2.05) is 24.2 Å². The molecule has 2 aromatic heterocycles. The molecule has 1 unspecified atom stereocenters. The predicted molar refractivity (Wildman–Crippen MR) is 94.9 cm³/mol. The zero-order valence-corrected chi connectivity index (χ0v) is 15.7. The van der Waals surface area contributed by atoms with E-state index in [0.717, 1.165) is 31.8 Å². The van der Waals surface area contributed by atoms with Gasteiger partial charge in [0.15, 0.2) is 0 Å². The molecule has 1 atom stereocenters. The summed E-state index contributed by atoms with van der Waals surface area (Å²) in [6, 6.07) is 0. The quantitative estimate of drug-likeness (QED) is 0.815. The van der Waals surface area contributed by atoms with E-state index in [-0.39, 0.29) is 11.8 Å². The molecule has 0 bridgehead atoms. The molecule has 0 saturated carbocycles. The fraction of sp³-hybridized carbons (Fsp3) is 0.588. The third-order valence-corrected chi connectivity index (χ3v) is 5.16. The second-order valence-corrected chi connectivity index (χ2v) is 6.81. The number of hydrogen-bond donors (Lipinski definition) is 0. The molecule has 0 N–H and O–H groups in total. The standard InChI is InChI=1S/C17H24ClN5O2/c1-12-14(18)15(21(2)20-12)17(24)23-7-4-5-13(11-23)16-19-6-8-22(16)9-10-25-3/h6,8,13H,4-5,7,9-11H2,1-3H3. The largest absolute Gasteiger partial charge is 0.383 e. The lowest BCUT2D eigenvalue weighted by Gasteiger charge is -2.32. The van der Waals surface area contributed by atoms with Gasteiger partial charge in [0, 0.05) is 52.1 Å². The molecule has 1 amide bonds. The minimum Gasteiger partial charge on any atom is -0.383 e. The van der Waals surface area contributed by atoms with Crippen LogP contribution in [-0.2, 0) is 18.3 Å². The predicted octanol–water partition coefficient (Wildman–Crippen LogP) is 2.24. The van der Waals surface area contributed by atoms with Crippen LogP contribution in [0.25, 0.3) is 0 Å². The van der Waals surface area contributed by atoms with E-state index < -0.39 is 0 Å².